The molecule has 1 heterocycles. The molecule has 104 valence electrons. The van der Waals surface area contributed by atoms with Crippen LogP contribution in [0.1, 0.15) is 44.9 Å². The molecule has 0 aromatic heterocycles. The second-order valence-corrected chi connectivity index (χ2v) is 5.52. The SMILES string of the molecule is O=C(CC1CCCC1)NCCOC1CCNCC1. The highest BCUT2D eigenvalue weighted by Crippen LogP contribution is 2.27. The van der Waals surface area contributed by atoms with Gasteiger partial charge in [0, 0.05) is 13.0 Å². The first-order valence-corrected chi connectivity index (χ1v) is 7.43. The zero-order chi connectivity index (χ0) is 12.6. The van der Waals surface area contributed by atoms with Gasteiger partial charge in [-0.1, -0.05) is 12.8 Å². The minimum Gasteiger partial charge on any atom is -0.376 e. The van der Waals surface area contributed by atoms with Gasteiger partial charge in [0.05, 0.1) is 12.7 Å². The van der Waals surface area contributed by atoms with E-state index in [-0.39, 0.29) is 5.91 Å². The topological polar surface area (TPSA) is 50.4 Å². The Kier molecular flexibility index (Phi) is 5.94. The average molecular weight is 254 g/mol. The average Bonchev–Trinajstić information content (AvgIpc) is 2.89. The molecule has 1 amide bonds. The van der Waals surface area contributed by atoms with E-state index in [1.165, 1.54) is 25.7 Å². The number of amides is 1. The van der Waals surface area contributed by atoms with Crippen molar-refractivity contribution in [3.63, 3.8) is 0 Å². The maximum atomic E-state index is 11.7. The number of carbonyl (C=O) groups excluding carboxylic acids is 1. The lowest BCUT2D eigenvalue weighted by Crippen LogP contribution is -2.35. The first kappa shape index (κ1) is 13.8. The van der Waals surface area contributed by atoms with Crippen molar-refractivity contribution >= 4 is 5.91 Å². The van der Waals surface area contributed by atoms with Crippen LogP contribution in [-0.4, -0.2) is 38.3 Å². The number of nitrogens with one attached hydrogen (secondary N) is 2. The van der Waals surface area contributed by atoms with Crippen molar-refractivity contribution in [3.8, 4) is 0 Å². The summed E-state index contributed by atoms with van der Waals surface area (Å²) in [7, 11) is 0. The van der Waals surface area contributed by atoms with Crippen LogP contribution in [0, 0.1) is 5.92 Å². The molecule has 0 aromatic rings. The number of ether oxygens (including phenoxy) is 1. The van der Waals surface area contributed by atoms with E-state index in [9.17, 15) is 4.79 Å². The van der Waals surface area contributed by atoms with Gasteiger partial charge >= 0.3 is 0 Å². The van der Waals surface area contributed by atoms with Gasteiger partial charge in [-0.3, -0.25) is 4.79 Å². The minimum atomic E-state index is 0.204. The van der Waals surface area contributed by atoms with Crippen LogP contribution in [0.3, 0.4) is 0 Å². The Morgan fingerprint density at radius 2 is 1.89 bits per heavy atom. The molecule has 1 saturated heterocycles. The molecule has 1 saturated carbocycles. The fraction of sp³-hybridized carbons (Fsp3) is 0.929. The summed E-state index contributed by atoms with van der Waals surface area (Å²) in [6, 6.07) is 0. The summed E-state index contributed by atoms with van der Waals surface area (Å²) < 4.78 is 5.75. The molecule has 2 rings (SSSR count). The van der Waals surface area contributed by atoms with Gasteiger partial charge in [0.25, 0.3) is 0 Å². The normalized spacial score (nSPS) is 22.2. The summed E-state index contributed by atoms with van der Waals surface area (Å²) in [6.07, 6.45) is 8.36. The zero-order valence-corrected chi connectivity index (χ0v) is 11.2. The van der Waals surface area contributed by atoms with Crippen LogP contribution in [0.5, 0.6) is 0 Å². The van der Waals surface area contributed by atoms with E-state index in [0.717, 1.165) is 25.9 Å². The molecule has 1 aliphatic heterocycles. The summed E-state index contributed by atoms with van der Waals surface area (Å²) in [6.45, 7) is 3.42. The van der Waals surface area contributed by atoms with E-state index in [4.69, 9.17) is 4.74 Å². The number of rotatable bonds is 6. The first-order chi connectivity index (χ1) is 8.84. The predicted molar refractivity (Wildman–Crippen MR) is 71.4 cm³/mol. The Hall–Kier alpha value is -0.610. The predicted octanol–water partition coefficient (Wildman–Crippen LogP) is 1.45. The molecule has 0 spiro atoms. The van der Waals surface area contributed by atoms with Crippen LogP contribution in [0.4, 0.5) is 0 Å². The van der Waals surface area contributed by atoms with Gasteiger partial charge in [-0.2, -0.15) is 0 Å². The standard InChI is InChI=1S/C14H26N2O2/c17-14(11-12-3-1-2-4-12)16-9-10-18-13-5-7-15-8-6-13/h12-13,15H,1-11H2,(H,16,17). The third kappa shape index (κ3) is 4.94. The molecule has 18 heavy (non-hydrogen) atoms. The van der Waals surface area contributed by atoms with Gasteiger partial charge in [-0.05, 0) is 44.7 Å². The van der Waals surface area contributed by atoms with Crippen molar-refractivity contribution < 1.29 is 9.53 Å². The third-order valence-electron chi connectivity index (χ3n) is 4.01. The van der Waals surface area contributed by atoms with Gasteiger partial charge in [0.15, 0.2) is 0 Å². The van der Waals surface area contributed by atoms with Crippen molar-refractivity contribution in [1.82, 2.24) is 10.6 Å². The lowest BCUT2D eigenvalue weighted by atomic mass is 10.0. The molecule has 2 N–H and O–H groups in total. The second-order valence-electron chi connectivity index (χ2n) is 5.52. The largest absolute Gasteiger partial charge is 0.376 e. The first-order valence-electron chi connectivity index (χ1n) is 7.43. The highest BCUT2D eigenvalue weighted by Gasteiger charge is 2.18. The molecule has 0 atom stereocenters. The fourth-order valence-electron chi connectivity index (χ4n) is 2.93. The van der Waals surface area contributed by atoms with Crippen molar-refractivity contribution in [2.45, 2.75) is 51.0 Å². The molecule has 1 aliphatic carbocycles. The van der Waals surface area contributed by atoms with Gasteiger partial charge in [-0.15, -0.1) is 0 Å². The zero-order valence-electron chi connectivity index (χ0n) is 11.2. The van der Waals surface area contributed by atoms with Crippen LogP contribution in [0.15, 0.2) is 0 Å². The Morgan fingerprint density at radius 1 is 1.17 bits per heavy atom. The van der Waals surface area contributed by atoms with E-state index >= 15 is 0 Å². The van der Waals surface area contributed by atoms with Gasteiger partial charge in [-0.25, -0.2) is 0 Å². The van der Waals surface area contributed by atoms with Crippen molar-refractivity contribution in [2.24, 2.45) is 5.92 Å². The monoisotopic (exact) mass is 254 g/mol. The van der Waals surface area contributed by atoms with Crippen LogP contribution in [0.2, 0.25) is 0 Å². The second kappa shape index (κ2) is 7.74. The molecular formula is C14H26N2O2. The lowest BCUT2D eigenvalue weighted by molar-refractivity contribution is -0.122. The Labute approximate surface area is 110 Å². The maximum absolute atomic E-state index is 11.7. The summed E-state index contributed by atoms with van der Waals surface area (Å²) in [5.74, 6) is 0.839. The summed E-state index contributed by atoms with van der Waals surface area (Å²) in [5, 5.41) is 6.28. The molecule has 4 heteroatoms. The summed E-state index contributed by atoms with van der Waals surface area (Å²) >= 11 is 0. The van der Waals surface area contributed by atoms with E-state index in [1.807, 2.05) is 0 Å². The van der Waals surface area contributed by atoms with Crippen LogP contribution in [0.25, 0.3) is 0 Å². The molecule has 2 fully saturated rings. The van der Waals surface area contributed by atoms with Crippen molar-refractivity contribution in [3.05, 3.63) is 0 Å². The molecule has 4 nitrogen and oxygen atoms in total. The quantitative estimate of drug-likeness (QED) is 0.705. The van der Waals surface area contributed by atoms with E-state index < -0.39 is 0 Å². The van der Waals surface area contributed by atoms with E-state index in [1.54, 1.807) is 0 Å². The van der Waals surface area contributed by atoms with Crippen molar-refractivity contribution in [2.75, 3.05) is 26.2 Å². The number of carbonyl (C=O) groups is 1. The lowest BCUT2D eigenvalue weighted by Gasteiger charge is -2.23. The molecule has 0 unspecified atom stereocenters. The van der Waals surface area contributed by atoms with Gasteiger partial charge in [0.1, 0.15) is 0 Å². The Bertz CT molecular complexity index is 246. The maximum Gasteiger partial charge on any atom is 0.220 e. The molecule has 0 aromatic carbocycles. The highest BCUT2D eigenvalue weighted by atomic mass is 16.5. The van der Waals surface area contributed by atoms with Crippen molar-refractivity contribution in [1.29, 1.82) is 0 Å². The van der Waals surface area contributed by atoms with Gasteiger partial charge < -0.3 is 15.4 Å². The van der Waals surface area contributed by atoms with Crippen LogP contribution >= 0.6 is 0 Å². The molecule has 0 bridgehead atoms. The minimum absolute atomic E-state index is 0.204. The Morgan fingerprint density at radius 3 is 2.61 bits per heavy atom. The van der Waals surface area contributed by atoms with Gasteiger partial charge in [0.2, 0.25) is 5.91 Å². The van der Waals surface area contributed by atoms with E-state index in [0.29, 0.717) is 31.6 Å². The molecule has 2 aliphatic rings. The molecule has 0 radical (unpaired) electrons. The van der Waals surface area contributed by atoms with E-state index in [2.05, 4.69) is 10.6 Å². The van der Waals surface area contributed by atoms with Crippen LogP contribution in [-0.2, 0) is 9.53 Å². The summed E-state index contributed by atoms with van der Waals surface area (Å²) in [5.41, 5.74) is 0. The molecular weight excluding hydrogens is 228 g/mol. The highest BCUT2D eigenvalue weighted by molar-refractivity contribution is 5.76. The third-order valence-corrected chi connectivity index (χ3v) is 4.01. The number of hydrogen-bond acceptors (Lipinski definition) is 3. The Balaban J connectivity index is 1.47. The number of hydrogen-bond donors (Lipinski definition) is 2. The fourth-order valence-corrected chi connectivity index (χ4v) is 2.93. The number of piperidine rings is 1. The smallest absolute Gasteiger partial charge is 0.220 e. The summed E-state index contributed by atoms with van der Waals surface area (Å²) in [4.78, 5) is 11.7. The van der Waals surface area contributed by atoms with Crippen LogP contribution < -0.4 is 10.6 Å².